The number of hydrogen-bond donors (Lipinski definition) is 1. The summed E-state index contributed by atoms with van der Waals surface area (Å²) in [4.78, 5) is 29.3. The van der Waals surface area contributed by atoms with Crippen molar-refractivity contribution in [3.8, 4) is 23.1 Å². The quantitative estimate of drug-likeness (QED) is 0.589. The zero-order valence-electron chi connectivity index (χ0n) is 13.8. The molecule has 0 aliphatic carbocycles. The van der Waals surface area contributed by atoms with Crippen molar-refractivity contribution < 1.29 is 4.79 Å². The standard InChI is InChI=1S/C18H11N7OS/c19-7-12-3-1-6-22-16(12)14-10-27-18(23-14)24-17(26)15-9-21-11-25(15)13-4-2-5-20-8-13/h1-6,8-11H,(H,23,24,26). The number of thiazole rings is 1. The molecule has 0 radical (unpaired) electrons. The maximum absolute atomic E-state index is 12.6. The van der Waals surface area contributed by atoms with Gasteiger partial charge in [0.2, 0.25) is 0 Å². The second-order valence-corrected chi connectivity index (χ2v) is 6.22. The van der Waals surface area contributed by atoms with Crippen molar-refractivity contribution in [2.24, 2.45) is 0 Å². The Morgan fingerprint density at radius 2 is 2.07 bits per heavy atom. The van der Waals surface area contributed by atoms with Crippen LogP contribution in [-0.2, 0) is 0 Å². The van der Waals surface area contributed by atoms with Crippen LogP contribution < -0.4 is 5.32 Å². The number of carbonyl (C=O) groups excluding carboxylic acids is 1. The van der Waals surface area contributed by atoms with E-state index in [9.17, 15) is 10.1 Å². The molecule has 0 unspecified atom stereocenters. The van der Waals surface area contributed by atoms with Crippen LogP contribution in [0.1, 0.15) is 16.1 Å². The maximum Gasteiger partial charge on any atom is 0.276 e. The molecule has 4 heterocycles. The lowest BCUT2D eigenvalue weighted by molar-refractivity contribution is 0.102. The van der Waals surface area contributed by atoms with Crippen molar-refractivity contribution in [3.63, 3.8) is 0 Å². The van der Waals surface area contributed by atoms with E-state index in [1.165, 1.54) is 17.5 Å². The molecule has 130 valence electrons. The molecule has 0 aliphatic heterocycles. The molecule has 1 N–H and O–H groups in total. The highest BCUT2D eigenvalue weighted by Gasteiger charge is 2.16. The fraction of sp³-hybridized carbons (Fsp3) is 0. The van der Waals surface area contributed by atoms with E-state index in [4.69, 9.17) is 0 Å². The van der Waals surface area contributed by atoms with Crippen molar-refractivity contribution in [2.75, 3.05) is 5.32 Å². The second-order valence-electron chi connectivity index (χ2n) is 5.36. The lowest BCUT2D eigenvalue weighted by Crippen LogP contribution is -2.16. The summed E-state index contributed by atoms with van der Waals surface area (Å²) in [6, 6.07) is 9.07. The van der Waals surface area contributed by atoms with Crippen molar-refractivity contribution >= 4 is 22.4 Å². The van der Waals surface area contributed by atoms with Gasteiger partial charge in [-0.1, -0.05) is 0 Å². The highest BCUT2D eigenvalue weighted by molar-refractivity contribution is 7.14. The monoisotopic (exact) mass is 373 g/mol. The fourth-order valence-corrected chi connectivity index (χ4v) is 3.16. The number of carbonyl (C=O) groups is 1. The molecule has 0 aliphatic rings. The maximum atomic E-state index is 12.6. The minimum Gasteiger partial charge on any atom is -0.296 e. The molecule has 9 heteroatoms. The Hall–Kier alpha value is -3.90. The van der Waals surface area contributed by atoms with Crippen LogP contribution in [0, 0.1) is 11.3 Å². The molecular weight excluding hydrogens is 362 g/mol. The predicted octanol–water partition coefficient (Wildman–Crippen LogP) is 2.91. The summed E-state index contributed by atoms with van der Waals surface area (Å²) in [6.45, 7) is 0. The third-order valence-electron chi connectivity index (χ3n) is 3.69. The normalized spacial score (nSPS) is 10.3. The number of anilines is 1. The van der Waals surface area contributed by atoms with Gasteiger partial charge in [-0.05, 0) is 24.3 Å². The van der Waals surface area contributed by atoms with Crippen LogP contribution in [0.5, 0.6) is 0 Å². The van der Waals surface area contributed by atoms with E-state index in [0.29, 0.717) is 27.8 Å². The van der Waals surface area contributed by atoms with Crippen LogP contribution in [0.4, 0.5) is 5.13 Å². The number of nitriles is 1. The molecule has 0 aromatic carbocycles. The van der Waals surface area contributed by atoms with Crippen LogP contribution in [-0.4, -0.2) is 30.4 Å². The van der Waals surface area contributed by atoms with Gasteiger partial charge in [0.1, 0.15) is 23.2 Å². The van der Waals surface area contributed by atoms with E-state index >= 15 is 0 Å². The van der Waals surface area contributed by atoms with E-state index in [2.05, 4.69) is 31.3 Å². The SMILES string of the molecule is N#Cc1cccnc1-c1csc(NC(=O)c2cncn2-c2cccnc2)n1. The summed E-state index contributed by atoms with van der Waals surface area (Å²) in [6.07, 6.45) is 7.92. The van der Waals surface area contributed by atoms with Gasteiger partial charge in [0.05, 0.1) is 30.0 Å². The van der Waals surface area contributed by atoms with Gasteiger partial charge in [0, 0.05) is 17.8 Å². The molecule has 0 fully saturated rings. The molecule has 4 aromatic heterocycles. The Morgan fingerprint density at radius 1 is 1.19 bits per heavy atom. The van der Waals surface area contributed by atoms with E-state index in [1.54, 1.807) is 53.1 Å². The number of hydrogen-bond acceptors (Lipinski definition) is 7. The van der Waals surface area contributed by atoms with Crippen molar-refractivity contribution in [1.29, 1.82) is 5.26 Å². The third-order valence-corrected chi connectivity index (χ3v) is 4.45. The number of rotatable bonds is 4. The Bertz CT molecular complexity index is 1140. The van der Waals surface area contributed by atoms with Gasteiger partial charge < -0.3 is 0 Å². The zero-order valence-corrected chi connectivity index (χ0v) is 14.6. The molecule has 8 nitrogen and oxygen atoms in total. The van der Waals surface area contributed by atoms with Crippen LogP contribution in [0.3, 0.4) is 0 Å². The first-order valence-electron chi connectivity index (χ1n) is 7.81. The molecular formula is C18H11N7OS. The van der Waals surface area contributed by atoms with Gasteiger partial charge in [0.25, 0.3) is 5.91 Å². The Labute approximate surface area is 157 Å². The fourth-order valence-electron chi connectivity index (χ4n) is 2.47. The van der Waals surface area contributed by atoms with Crippen molar-refractivity contribution in [2.45, 2.75) is 0 Å². The molecule has 4 aromatic rings. The van der Waals surface area contributed by atoms with Crippen molar-refractivity contribution in [3.05, 3.63) is 72.0 Å². The number of nitrogens with zero attached hydrogens (tertiary/aromatic N) is 6. The second kappa shape index (κ2) is 7.15. The van der Waals surface area contributed by atoms with Crippen LogP contribution in [0.25, 0.3) is 17.1 Å². The summed E-state index contributed by atoms with van der Waals surface area (Å²) < 4.78 is 1.64. The first-order chi connectivity index (χ1) is 13.3. The topological polar surface area (TPSA) is 109 Å². The first-order valence-corrected chi connectivity index (χ1v) is 8.69. The summed E-state index contributed by atoms with van der Waals surface area (Å²) in [5.41, 5.74) is 2.53. The first kappa shape index (κ1) is 16.6. The molecule has 0 bridgehead atoms. The van der Waals surface area contributed by atoms with E-state index in [0.717, 1.165) is 5.69 Å². The third kappa shape index (κ3) is 3.29. The highest BCUT2D eigenvalue weighted by Crippen LogP contribution is 2.26. The number of pyridine rings is 2. The van der Waals surface area contributed by atoms with Crippen LogP contribution >= 0.6 is 11.3 Å². The summed E-state index contributed by atoms with van der Waals surface area (Å²) in [5.74, 6) is -0.348. The van der Waals surface area contributed by atoms with Crippen molar-refractivity contribution in [1.82, 2.24) is 24.5 Å². The number of aromatic nitrogens is 5. The zero-order chi connectivity index (χ0) is 18.6. The van der Waals surface area contributed by atoms with Crippen LogP contribution in [0.15, 0.2) is 60.8 Å². The smallest absolute Gasteiger partial charge is 0.276 e. The van der Waals surface area contributed by atoms with Gasteiger partial charge in [-0.15, -0.1) is 11.3 Å². The molecule has 4 rings (SSSR count). The largest absolute Gasteiger partial charge is 0.296 e. The lowest BCUT2D eigenvalue weighted by Gasteiger charge is -2.06. The molecule has 1 amide bonds. The molecule has 27 heavy (non-hydrogen) atoms. The van der Waals surface area contributed by atoms with Gasteiger partial charge in [-0.3, -0.25) is 24.6 Å². The minimum absolute atomic E-state index is 0.348. The molecule has 0 spiro atoms. The minimum atomic E-state index is -0.348. The van der Waals surface area contributed by atoms with E-state index < -0.39 is 0 Å². The van der Waals surface area contributed by atoms with Gasteiger partial charge >= 0.3 is 0 Å². The van der Waals surface area contributed by atoms with E-state index in [-0.39, 0.29) is 5.91 Å². The van der Waals surface area contributed by atoms with Gasteiger partial charge in [0.15, 0.2) is 5.13 Å². The Balaban J connectivity index is 1.58. The number of imidazole rings is 1. The molecule has 0 saturated heterocycles. The van der Waals surface area contributed by atoms with E-state index in [1.807, 2.05) is 6.07 Å². The predicted molar refractivity (Wildman–Crippen MR) is 99.4 cm³/mol. The van der Waals surface area contributed by atoms with Gasteiger partial charge in [-0.2, -0.15) is 5.26 Å². The summed E-state index contributed by atoms with van der Waals surface area (Å²) >= 11 is 1.26. The Morgan fingerprint density at radius 3 is 2.89 bits per heavy atom. The van der Waals surface area contributed by atoms with Crippen LogP contribution in [0.2, 0.25) is 0 Å². The Kier molecular flexibility index (Phi) is 4.38. The summed E-state index contributed by atoms with van der Waals surface area (Å²) in [5, 5.41) is 14.1. The highest BCUT2D eigenvalue weighted by atomic mass is 32.1. The number of nitrogens with one attached hydrogen (secondary N) is 1. The lowest BCUT2D eigenvalue weighted by atomic mass is 10.2. The number of amides is 1. The average molecular weight is 373 g/mol. The van der Waals surface area contributed by atoms with Gasteiger partial charge in [-0.25, -0.2) is 9.97 Å². The molecule has 0 saturated carbocycles. The average Bonchev–Trinajstić information content (AvgIpc) is 3.38. The summed E-state index contributed by atoms with van der Waals surface area (Å²) in [7, 11) is 0. The molecule has 0 atom stereocenters.